The van der Waals surface area contributed by atoms with E-state index in [0.717, 1.165) is 44.9 Å². The van der Waals surface area contributed by atoms with Crippen LogP contribution in [0, 0.1) is 0 Å². The molecule has 0 aromatic carbocycles. The van der Waals surface area contributed by atoms with E-state index < -0.39 is 6.10 Å². The molecule has 0 heterocycles. The zero-order chi connectivity index (χ0) is 28.5. The van der Waals surface area contributed by atoms with Gasteiger partial charge in [0, 0.05) is 13.0 Å². The summed E-state index contributed by atoms with van der Waals surface area (Å²) < 4.78 is 10.7. The highest BCUT2D eigenvalue weighted by Crippen LogP contribution is 2.12. The third kappa shape index (κ3) is 30.5. The molecule has 0 saturated carbocycles. The molecule has 0 saturated heterocycles. The summed E-state index contributed by atoms with van der Waals surface area (Å²) in [7, 11) is 0. The summed E-state index contributed by atoms with van der Waals surface area (Å²) in [5.41, 5.74) is 0. The van der Waals surface area contributed by atoms with Crippen molar-refractivity contribution in [3.05, 3.63) is 60.8 Å². The molecule has 224 valence electrons. The van der Waals surface area contributed by atoms with Crippen LogP contribution in [-0.2, 0) is 14.3 Å². The van der Waals surface area contributed by atoms with Crippen molar-refractivity contribution < 1.29 is 19.4 Å². The van der Waals surface area contributed by atoms with Gasteiger partial charge in [-0.1, -0.05) is 126 Å². The number of hydrogen-bond donors (Lipinski definition) is 1. The average molecular weight is 545 g/mol. The first-order chi connectivity index (χ1) is 19.2. The van der Waals surface area contributed by atoms with Crippen LogP contribution in [0.4, 0.5) is 0 Å². The number of aliphatic hydroxyl groups excluding tert-OH is 1. The zero-order valence-electron chi connectivity index (χ0n) is 25.4. The highest BCUT2D eigenvalue weighted by Gasteiger charge is 2.12. The molecule has 0 aliphatic heterocycles. The molecule has 0 bridgehead atoms. The topological polar surface area (TPSA) is 55.8 Å². The summed E-state index contributed by atoms with van der Waals surface area (Å²) in [4.78, 5) is 11.5. The normalized spacial score (nSPS) is 13.2. The second-order valence-corrected chi connectivity index (χ2v) is 10.2. The molecule has 0 aliphatic rings. The largest absolute Gasteiger partial charge is 0.457 e. The second-order valence-electron chi connectivity index (χ2n) is 10.2. The van der Waals surface area contributed by atoms with Gasteiger partial charge in [0.15, 0.2) is 0 Å². The third-order valence-electron chi connectivity index (χ3n) is 6.33. The van der Waals surface area contributed by atoms with E-state index in [1.807, 2.05) is 6.92 Å². The molecule has 1 N–H and O–H groups in total. The highest BCUT2D eigenvalue weighted by molar-refractivity contribution is 5.69. The van der Waals surface area contributed by atoms with E-state index in [1.54, 1.807) is 0 Å². The maximum atomic E-state index is 11.5. The van der Waals surface area contributed by atoms with Crippen LogP contribution in [0.1, 0.15) is 129 Å². The molecule has 39 heavy (non-hydrogen) atoms. The maximum absolute atomic E-state index is 11.5. The number of esters is 1. The Hall–Kier alpha value is -1.91. The molecule has 0 fully saturated rings. The molecule has 0 rings (SSSR count). The Morgan fingerprint density at radius 2 is 1.10 bits per heavy atom. The van der Waals surface area contributed by atoms with E-state index in [9.17, 15) is 9.90 Å². The van der Waals surface area contributed by atoms with Crippen LogP contribution in [0.5, 0.6) is 0 Å². The third-order valence-corrected chi connectivity index (χ3v) is 6.33. The average Bonchev–Trinajstić information content (AvgIpc) is 2.94. The van der Waals surface area contributed by atoms with Crippen molar-refractivity contribution in [1.29, 1.82) is 0 Å². The Morgan fingerprint density at radius 3 is 1.59 bits per heavy atom. The maximum Gasteiger partial charge on any atom is 0.306 e. The van der Waals surface area contributed by atoms with Crippen molar-refractivity contribution in [3.63, 3.8) is 0 Å². The van der Waals surface area contributed by atoms with Crippen molar-refractivity contribution in [1.82, 2.24) is 0 Å². The Bertz CT molecular complexity index is 660. The van der Waals surface area contributed by atoms with Crippen LogP contribution in [0.15, 0.2) is 60.8 Å². The predicted octanol–water partition coefficient (Wildman–Crippen LogP) is 9.75. The number of allylic oxidation sites excluding steroid dienone is 10. The van der Waals surface area contributed by atoms with E-state index >= 15 is 0 Å². The fourth-order valence-electron chi connectivity index (χ4n) is 4.04. The molecule has 4 nitrogen and oxygen atoms in total. The molecule has 4 heteroatoms. The molecule has 0 aromatic heterocycles. The summed E-state index contributed by atoms with van der Waals surface area (Å²) in [6.07, 6.45) is 42.4. The molecule has 0 aliphatic carbocycles. The van der Waals surface area contributed by atoms with E-state index in [1.165, 1.54) is 64.2 Å². The van der Waals surface area contributed by atoms with Crippen LogP contribution in [0.3, 0.4) is 0 Å². The fourth-order valence-corrected chi connectivity index (χ4v) is 4.04. The summed E-state index contributed by atoms with van der Waals surface area (Å²) in [6.45, 7) is 4.87. The summed E-state index contributed by atoms with van der Waals surface area (Å²) in [6, 6.07) is 0. The summed E-state index contributed by atoms with van der Waals surface area (Å²) >= 11 is 0. The Balaban J connectivity index is 3.37. The SMILES string of the molecule is CC/C=C\C/C=C\C/C=C\C/C=C\C/C=C\CCCCCCCCCCCCOCC(CO)OC(=O)CCC. The van der Waals surface area contributed by atoms with E-state index in [0.29, 0.717) is 13.0 Å². The van der Waals surface area contributed by atoms with Crippen molar-refractivity contribution in [2.24, 2.45) is 0 Å². The zero-order valence-corrected chi connectivity index (χ0v) is 25.4. The molecule has 1 unspecified atom stereocenters. The van der Waals surface area contributed by atoms with Gasteiger partial charge < -0.3 is 14.6 Å². The van der Waals surface area contributed by atoms with Crippen molar-refractivity contribution in [2.75, 3.05) is 19.8 Å². The van der Waals surface area contributed by atoms with Gasteiger partial charge in [0.25, 0.3) is 0 Å². The standard InChI is InChI=1S/C35H60O4/c1-3-5-6-7-8-9-10-11-12-13-14-15-16-17-18-19-20-21-22-23-24-25-26-27-28-29-31-38-33-34(32-36)39-35(37)30-4-2/h5-6,8-9,11-12,14-15,17-18,34,36H,3-4,7,10,13,16,19-33H2,1-2H3/b6-5-,9-8-,12-11-,15-14-,18-17-. The van der Waals surface area contributed by atoms with Gasteiger partial charge in [-0.3, -0.25) is 4.79 Å². The molecule has 0 aromatic rings. The van der Waals surface area contributed by atoms with Gasteiger partial charge in [-0.05, 0) is 57.8 Å². The van der Waals surface area contributed by atoms with Gasteiger partial charge in [0.1, 0.15) is 6.10 Å². The lowest BCUT2D eigenvalue weighted by Gasteiger charge is -2.15. The van der Waals surface area contributed by atoms with Crippen LogP contribution in [-0.4, -0.2) is 37.0 Å². The first-order valence-electron chi connectivity index (χ1n) is 15.9. The molecular formula is C35H60O4. The number of carbonyl (C=O) groups is 1. The van der Waals surface area contributed by atoms with Gasteiger partial charge in [-0.15, -0.1) is 0 Å². The first kappa shape index (κ1) is 37.1. The van der Waals surface area contributed by atoms with Crippen molar-refractivity contribution >= 4 is 5.97 Å². The van der Waals surface area contributed by atoms with E-state index in [-0.39, 0.29) is 19.2 Å². The molecule has 1 atom stereocenters. The Labute approximate surface area is 241 Å². The summed E-state index contributed by atoms with van der Waals surface area (Å²) in [5.74, 6) is -0.259. The molecule has 0 radical (unpaired) electrons. The van der Waals surface area contributed by atoms with E-state index in [2.05, 4.69) is 67.7 Å². The lowest BCUT2D eigenvalue weighted by atomic mass is 10.1. The van der Waals surface area contributed by atoms with Gasteiger partial charge in [-0.2, -0.15) is 0 Å². The summed E-state index contributed by atoms with van der Waals surface area (Å²) in [5, 5.41) is 9.28. The minimum Gasteiger partial charge on any atom is -0.457 e. The van der Waals surface area contributed by atoms with Gasteiger partial charge in [0.05, 0.1) is 13.2 Å². The Kier molecular flexibility index (Phi) is 30.7. The molecule has 0 amide bonds. The number of aliphatic hydroxyl groups is 1. The number of hydrogen-bond acceptors (Lipinski definition) is 4. The second kappa shape index (κ2) is 32.3. The minimum absolute atomic E-state index is 0.182. The van der Waals surface area contributed by atoms with Crippen molar-refractivity contribution in [2.45, 2.75) is 136 Å². The van der Waals surface area contributed by atoms with Crippen LogP contribution in [0.2, 0.25) is 0 Å². The lowest BCUT2D eigenvalue weighted by molar-refractivity contribution is -0.154. The number of rotatable bonds is 28. The highest BCUT2D eigenvalue weighted by atomic mass is 16.6. The molecular weight excluding hydrogens is 484 g/mol. The van der Waals surface area contributed by atoms with Gasteiger partial charge in [0.2, 0.25) is 0 Å². The van der Waals surface area contributed by atoms with Crippen LogP contribution in [0.25, 0.3) is 0 Å². The van der Waals surface area contributed by atoms with Crippen LogP contribution >= 0.6 is 0 Å². The van der Waals surface area contributed by atoms with Gasteiger partial charge in [-0.25, -0.2) is 0 Å². The quantitative estimate of drug-likeness (QED) is 0.0605. The number of carbonyl (C=O) groups excluding carboxylic acids is 1. The van der Waals surface area contributed by atoms with Gasteiger partial charge >= 0.3 is 5.97 Å². The van der Waals surface area contributed by atoms with Crippen LogP contribution < -0.4 is 0 Å². The number of unbranched alkanes of at least 4 members (excludes halogenated alkanes) is 10. The predicted molar refractivity (Wildman–Crippen MR) is 168 cm³/mol. The van der Waals surface area contributed by atoms with E-state index in [4.69, 9.17) is 9.47 Å². The lowest BCUT2D eigenvalue weighted by Crippen LogP contribution is -2.27. The first-order valence-corrected chi connectivity index (χ1v) is 15.9. The number of ether oxygens (including phenoxy) is 2. The Morgan fingerprint density at radius 1 is 0.641 bits per heavy atom. The minimum atomic E-state index is -0.531. The fraction of sp³-hybridized carbons (Fsp3) is 0.686. The smallest absolute Gasteiger partial charge is 0.306 e. The molecule has 0 spiro atoms. The van der Waals surface area contributed by atoms with Crippen molar-refractivity contribution in [3.8, 4) is 0 Å². The monoisotopic (exact) mass is 544 g/mol.